The molecule has 1 aromatic heterocycles. The SMILES string of the molecule is COc1cc(Cl)cc(CCl)c1OCc1ccncc1. The zero-order chi connectivity index (χ0) is 13.7. The predicted molar refractivity (Wildman–Crippen MR) is 76.1 cm³/mol. The fourth-order valence-corrected chi connectivity index (χ4v) is 2.10. The Bertz CT molecular complexity index is 521. The van der Waals surface area contributed by atoms with Gasteiger partial charge in [0.05, 0.1) is 13.0 Å². The standard InChI is InChI=1S/C14H13Cl2NO2/c1-18-13-7-12(16)6-11(8-15)14(13)19-9-10-2-4-17-5-3-10/h2-7H,8-9H2,1H3. The van der Waals surface area contributed by atoms with Crippen molar-refractivity contribution in [1.82, 2.24) is 4.98 Å². The first-order valence-corrected chi connectivity index (χ1v) is 6.60. The summed E-state index contributed by atoms with van der Waals surface area (Å²) in [6.45, 7) is 0.421. The van der Waals surface area contributed by atoms with E-state index in [0.29, 0.717) is 29.0 Å². The number of alkyl halides is 1. The van der Waals surface area contributed by atoms with Crippen LogP contribution in [0.15, 0.2) is 36.7 Å². The molecule has 3 nitrogen and oxygen atoms in total. The Morgan fingerprint density at radius 2 is 1.95 bits per heavy atom. The first-order chi connectivity index (χ1) is 9.24. The molecule has 2 aromatic rings. The van der Waals surface area contributed by atoms with Gasteiger partial charge < -0.3 is 9.47 Å². The molecule has 0 aliphatic carbocycles. The summed E-state index contributed by atoms with van der Waals surface area (Å²) in [6, 6.07) is 7.27. The molecule has 100 valence electrons. The third kappa shape index (κ3) is 3.52. The number of hydrogen-bond donors (Lipinski definition) is 0. The predicted octanol–water partition coefficient (Wildman–Crippen LogP) is 4.06. The van der Waals surface area contributed by atoms with E-state index in [0.717, 1.165) is 11.1 Å². The summed E-state index contributed by atoms with van der Waals surface area (Å²) in [4.78, 5) is 3.96. The number of halogens is 2. The van der Waals surface area contributed by atoms with Crippen LogP contribution in [0, 0.1) is 0 Å². The zero-order valence-electron chi connectivity index (χ0n) is 10.4. The maximum atomic E-state index is 5.99. The Hall–Kier alpha value is -1.45. The van der Waals surface area contributed by atoms with Gasteiger partial charge in [-0.2, -0.15) is 0 Å². The molecule has 0 aliphatic rings. The molecule has 0 spiro atoms. The van der Waals surface area contributed by atoms with Crippen LogP contribution in [0.1, 0.15) is 11.1 Å². The Kier molecular flexibility index (Phi) is 4.88. The minimum atomic E-state index is 0.308. The van der Waals surface area contributed by atoms with Gasteiger partial charge in [0, 0.05) is 29.0 Å². The minimum Gasteiger partial charge on any atom is -0.493 e. The van der Waals surface area contributed by atoms with E-state index in [2.05, 4.69) is 4.98 Å². The average molecular weight is 298 g/mol. The molecule has 1 aromatic carbocycles. The topological polar surface area (TPSA) is 31.4 Å². The van der Waals surface area contributed by atoms with Crippen LogP contribution < -0.4 is 9.47 Å². The Balaban J connectivity index is 2.23. The molecule has 0 radical (unpaired) electrons. The van der Waals surface area contributed by atoms with Crippen LogP contribution in [-0.4, -0.2) is 12.1 Å². The fraction of sp³-hybridized carbons (Fsp3) is 0.214. The summed E-state index contributed by atoms with van der Waals surface area (Å²) in [5, 5.41) is 0.573. The first kappa shape index (κ1) is 14.0. The molecule has 0 aliphatic heterocycles. The van der Waals surface area contributed by atoms with E-state index in [-0.39, 0.29) is 0 Å². The summed E-state index contributed by atoms with van der Waals surface area (Å²) in [5.41, 5.74) is 1.83. The van der Waals surface area contributed by atoms with Gasteiger partial charge in [0.25, 0.3) is 0 Å². The summed E-state index contributed by atoms with van der Waals surface area (Å²) in [5.74, 6) is 1.51. The average Bonchev–Trinajstić information content (AvgIpc) is 2.46. The van der Waals surface area contributed by atoms with Gasteiger partial charge in [0.15, 0.2) is 11.5 Å². The van der Waals surface area contributed by atoms with Gasteiger partial charge in [0.2, 0.25) is 0 Å². The van der Waals surface area contributed by atoms with Crippen molar-refractivity contribution in [2.75, 3.05) is 7.11 Å². The number of benzene rings is 1. The van der Waals surface area contributed by atoms with Gasteiger partial charge in [0.1, 0.15) is 6.61 Å². The lowest BCUT2D eigenvalue weighted by Gasteiger charge is -2.14. The third-order valence-corrected chi connectivity index (χ3v) is 3.10. The normalized spacial score (nSPS) is 10.3. The Morgan fingerprint density at radius 3 is 2.58 bits per heavy atom. The number of aromatic nitrogens is 1. The van der Waals surface area contributed by atoms with E-state index >= 15 is 0 Å². The minimum absolute atomic E-state index is 0.308. The zero-order valence-corrected chi connectivity index (χ0v) is 11.9. The molecular formula is C14H13Cl2NO2. The molecule has 0 bridgehead atoms. The molecular weight excluding hydrogens is 285 g/mol. The number of nitrogens with zero attached hydrogens (tertiary/aromatic N) is 1. The molecule has 0 saturated heterocycles. The molecule has 2 rings (SSSR count). The van der Waals surface area contributed by atoms with Crippen molar-refractivity contribution in [3.8, 4) is 11.5 Å². The van der Waals surface area contributed by atoms with Crippen molar-refractivity contribution in [2.45, 2.75) is 12.5 Å². The first-order valence-electron chi connectivity index (χ1n) is 5.68. The highest BCUT2D eigenvalue weighted by Gasteiger charge is 2.12. The molecule has 0 N–H and O–H groups in total. The number of methoxy groups -OCH3 is 1. The monoisotopic (exact) mass is 297 g/mol. The molecule has 5 heteroatoms. The lowest BCUT2D eigenvalue weighted by atomic mass is 10.2. The van der Waals surface area contributed by atoms with Crippen LogP contribution in [0.5, 0.6) is 11.5 Å². The highest BCUT2D eigenvalue weighted by Crippen LogP contribution is 2.36. The largest absolute Gasteiger partial charge is 0.493 e. The maximum Gasteiger partial charge on any atom is 0.166 e. The van der Waals surface area contributed by atoms with Crippen molar-refractivity contribution in [3.63, 3.8) is 0 Å². The highest BCUT2D eigenvalue weighted by molar-refractivity contribution is 6.31. The number of ether oxygens (including phenoxy) is 2. The van der Waals surface area contributed by atoms with Crippen molar-refractivity contribution >= 4 is 23.2 Å². The van der Waals surface area contributed by atoms with E-state index in [9.17, 15) is 0 Å². The molecule has 0 unspecified atom stereocenters. The fourth-order valence-electron chi connectivity index (χ4n) is 1.67. The van der Waals surface area contributed by atoms with Crippen LogP contribution >= 0.6 is 23.2 Å². The van der Waals surface area contributed by atoms with Crippen LogP contribution in [0.2, 0.25) is 5.02 Å². The second-order valence-electron chi connectivity index (χ2n) is 3.87. The number of rotatable bonds is 5. The Labute approximate surface area is 122 Å². The second-order valence-corrected chi connectivity index (χ2v) is 4.58. The quantitative estimate of drug-likeness (QED) is 0.780. The lowest BCUT2D eigenvalue weighted by molar-refractivity contribution is 0.282. The summed E-state index contributed by atoms with van der Waals surface area (Å²) < 4.78 is 11.1. The summed E-state index contributed by atoms with van der Waals surface area (Å²) in [6.07, 6.45) is 3.44. The Morgan fingerprint density at radius 1 is 1.21 bits per heavy atom. The smallest absolute Gasteiger partial charge is 0.166 e. The van der Waals surface area contributed by atoms with Gasteiger partial charge in [-0.15, -0.1) is 11.6 Å². The summed E-state index contributed by atoms with van der Waals surface area (Å²) in [7, 11) is 1.57. The van der Waals surface area contributed by atoms with Gasteiger partial charge >= 0.3 is 0 Å². The third-order valence-electron chi connectivity index (χ3n) is 2.59. The molecule has 0 saturated carbocycles. The van der Waals surface area contributed by atoms with Crippen molar-refractivity contribution in [3.05, 3.63) is 52.8 Å². The molecule has 0 amide bonds. The number of hydrogen-bond acceptors (Lipinski definition) is 3. The van der Waals surface area contributed by atoms with Gasteiger partial charge in [-0.1, -0.05) is 11.6 Å². The molecule has 1 heterocycles. The van der Waals surface area contributed by atoms with E-state index < -0.39 is 0 Å². The van der Waals surface area contributed by atoms with Crippen LogP contribution in [0.25, 0.3) is 0 Å². The van der Waals surface area contributed by atoms with Crippen molar-refractivity contribution < 1.29 is 9.47 Å². The molecule has 19 heavy (non-hydrogen) atoms. The molecule has 0 fully saturated rings. The maximum absolute atomic E-state index is 5.99. The van der Waals surface area contributed by atoms with E-state index in [4.69, 9.17) is 32.7 Å². The second kappa shape index (κ2) is 6.64. The van der Waals surface area contributed by atoms with Gasteiger partial charge in [-0.05, 0) is 23.8 Å². The van der Waals surface area contributed by atoms with Crippen LogP contribution in [0.3, 0.4) is 0 Å². The van der Waals surface area contributed by atoms with Gasteiger partial charge in [-0.3, -0.25) is 4.98 Å². The van der Waals surface area contributed by atoms with Crippen molar-refractivity contribution in [2.24, 2.45) is 0 Å². The van der Waals surface area contributed by atoms with E-state index in [1.807, 2.05) is 12.1 Å². The van der Waals surface area contributed by atoms with E-state index in [1.54, 1.807) is 31.6 Å². The van der Waals surface area contributed by atoms with Crippen LogP contribution in [-0.2, 0) is 12.5 Å². The molecule has 0 atom stereocenters. The van der Waals surface area contributed by atoms with Gasteiger partial charge in [-0.25, -0.2) is 0 Å². The van der Waals surface area contributed by atoms with Crippen molar-refractivity contribution in [1.29, 1.82) is 0 Å². The highest BCUT2D eigenvalue weighted by atomic mass is 35.5. The lowest BCUT2D eigenvalue weighted by Crippen LogP contribution is -2.00. The number of pyridine rings is 1. The van der Waals surface area contributed by atoms with Crippen LogP contribution in [0.4, 0.5) is 0 Å². The van der Waals surface area contributed by atoms with E-state index in [1.165, 1.54) is 0 Å². The summed E-state index contributed by atoms with van der Waals surface area (Å²) >= 11 is 11.9.